The van der Waals surface area contributed by atoms with Gasteiger partial charge in [-0.25, -0.2) is 0 Å². The molecule has 8 heteroatoms. The number of hydrogen-bond acceptors (Lipinski definition) is 4. The molecule has 0 atom stereocenters. The molecule has 172 valence electrons. The van der Waals surface area contributed by atoms with E-state index in [1.807, 2.05) is 44.2 Å². The van der Waals surface area contributed by atoms with Crippen LogP contribution in [0.25, 0.3) is 12.2 Å². The highest BCUT2D eigenvalue weighted by molar-refractivity contribution is 6.10. The molecule has 2 aromatic carbocycles. The minimum absolute atomic E-state index is 0.00254. The van der Waals surface area contributed by atoms with Crippen molar-refractivity contribution < 1.29 is 19.5 Å². The van der Waals surface area contributed by atoms with E-state index in [0.717, 1.165) is 11.1 Å². The predicted molar refractivity (Wildman–Crippen MR) is 128 cm³/mol. The first-order valence-corrected chi connectivity index (χ1v) is 10.7. The highest BCUT2D eigenvalue weighted by atomic mass is 16.4. The Kier molecular flexibility index (Phi) is 7.27. The van der Waals surface area contributed by atoms with Gasteiger partial charge < -0.3 is 20.6 Å². The van der Waals surface area contributed by atoms with E-state index in [0.29, 0.717) is 23.4 Å². The summed E-state index contributed by atoms with van der Waals surface area (Å²) in [6, 6.07) is 12.6. The number of carbonyl (C=O) groups is 3. The third kappa shape index (κ3) is 5.85. The number of nitrogen functional groups attached to an aromatic ring is 1. The Balaban J connectivity index is 1.95. The van der Waals surface area contributed by atoms with Crippen molar-refractivity contribution >= 4 is 41.5 Å². The largest absolute Gasteiger partial charge is 0.481 e. The number of carboxylic acids is 1. The molecule has 4 N–H and O–H groups in total. The van der Waals surface area contributed by atoms with E-state index in [4.69, 9.17) is 16.2 Å². The van der Waals surface area contributed by atoms with E-state index < -0.39 is 5.97 Å². The van der Waals surface area contributed by atoms with E-state index in [9.17, 15) is 14.4 Å². The van der Waals surface area contributed by atoms with E-state index in [1.54, 1.807) is 29.2 Å². The molecule has 0 radical (unpaired) electrons. The average molecular weight is 449 g/mol. The second-order valence-electron chi connectivity index (χ2n) is 8.41. The smallest absolute Gasteiger partial charge is 0.305 e. The van der Waals surface area contributed by atoms with Crippen LogP contribution in [0, 0.1) is 11.3 Å². The van der Waals surface area contributed by atoms with Crippen LogP contribution < -0.4 is 10.6 Å². The number of carboxylic acid groups (broad SMARTS) is 1. The normalized spacial score (nSPS) is 14.0. The summed E-state index contributed by atoms with van der Waals surface area (Å²) < 4.78 is 0. The monoisotopic (exact) mass is 448 g/mol. The number of anilines is 1. The van der Waals surface area contributed by atoms with Gasteiger partial charge in [-0.05, 0) is 29.2 Å². The lowest BCUT2D eigenvalue weighted by molar-refractivity contribution is -0.137. The Hall–Kier alpha value is -3.94. The first-order valence-electron chi connectivity index (χ1n) is 10.7. The number of benzene rings is 2. The molecule has 1 aliphatic heterocycles. The van der Waals surface area contributed by atoms with Crippen LogP contribution in [0.4, 0.5) is 5.69 Å². The fraction of sp³-hybridized carbons (Fsp3) is 0.280. The maximum atomic E-state index is 13.3. The lowest BCUT2D eigenvalue weighted by atomic mass is 10.0. The zero-order chi connectivity index (χ0) is 24.1. The molecule has 0 spiro atoms. The summed E-state index contributed by atoms with van der Waals surface area (Å²) in [6.45, 7) is 4.27. The van der Waals surface area contributed by atoms with Gasteiger partial charge in [-0.1, -0.05) is 56.3 Å². The zero-order valence-corrected chi connectivity index (χ0v) is 18.7. The molecule has 1 heterocycles. The third-order valence-electron chi connectivity index (χ3n) is 5.29. The van der Waals surface area contributed by atoms with Crippen molar-refractivity contribution in [3.05, 3.63) is 64.7 Å². The quantitative estimate of drug-likeness (QED) is 0.325. The van der Waals surface area contributed by atoms with Gasteiger partial charge >= 0.3 is 5.97 Å². The summed E-state index contributed by atoms with van der Waals surface area (Å²) in [6.07, 6.45) is 3.51. The van der Waals surface area contributed by atoms with Gasteiger partial charge in [-0.15, -0.1) is 0 Å². The van der Waals surface area contributed by atoms with Gasteiger partial charge in [0.25, 0.3) is 5.91 Å². The van der Waals surface area contributed by atoms with Crippen molar-refractivity contribution in [1.29, 1.82) is 5.41 Å². The molecule has 0 aliphatic carbocycles. The van der Waals surface area contributed by atoms with Gasteiger partial charge in [0.1, 0.15) is 12.4 Å². The molecule has 1 aliphatic rings. The van der Waals surface area contributed by atoms with Crippen molar-refractivity contribution in [2.45, 2.75) is 20.3 Å². The number of nitrogens with one attached hydrogen (secondary N) is 1. The zero-order valence-electron chi connectivity index (χ0n) is 18.7. The van der Waals surface area contributed by atoms with Crippen molar-refractivity contribution in [3.8, 4) is 0 Å². The maximum absolute atomic E-state index is 13.3. The summed E-state index contributed by atoms with van der Waals surface area (Å²) in [7, 11) is 0. The molecule has 3 rings (SSSR count). The Labute approximate surface area is 192 Å². The molecule has 0 unspecified atom stereocenters. The Morgan fingerprint density at radius 2 is 1.76 bits per heavy atom. The minimum atomic E-state index is -1.02. The Morgan fingerprint density at radius 1 is 1.12 bits per heavy atom. The molecule has 0 fully saturated rings. The number of amides is 2. The molecule has 0 aromatic heterocycles. The van der Waals surface area contributed by atoms with Gasteiger partial charge in [0.05, 0.1) is 17.7 Å². The van der Waals surface area contributed by atoms with Crippen LogP contribution in [0.1, 0.15) is 47.3 Å². The van der Waals surface area contributed by atoms with Crippen LogP contribution in [0.2, 0.25) is 0 Å². The number of aliphatic carboxylic acids is 1. The fourth-order valence-electron chi connectivity index (χ4n) is 3.63. The van der Waals surface area contributed by atoms with Gasteiger partial charge in [0, 0.05) is 18.7 Å². The average Bonchev–Trinajstić information content (AvgIpc) is 2.86. The van der Waals surface area contributed by atoms with Crippen LogP contribution in [0.5, 0.6) is 0 Å². The predicted octanol–water partition coefficient (Wildman–Crippen LogP) is 3.06. The van der Waals surface area contributed by atoms with Crippen molar-refractivity contribution in [3.63, 3.8) is 0 Å². The second-order valence-corrected chi connectivity index (χ2v) is 8.41. The SMILES string of the molecule is CC(C)CN1C(=O)CN(CCC(=O)O)C(=O)c2cc(C=Cc3ccc(C(=N)N)cc3)ccc21. The molecule has 8 nitrogen and oxygen atoms in total. The molecule has 0 saturated heterocycles. The molecular weight excluding hydrogens is 420 g/mol. The number of amidine groups is 1. The molecule has 2 aromatic rings. The Bertz CT molecular complexity index is 1110. The topological polar surface area (TPSA) is 128 Å². The Morgan fingerprint density at radius 3 is 2.36 bits per heavy atom. The number of hydrogen-bond donors (Lipinski definition) is 3. The van der Waals surface area contributed by atoms with E-state index >= 15 is 0 Å². The summed E-state index contributed by atoms with van der Waals surface area (Å²) in [4.78, 5) is 40.2. The lowest BCUT2D eigenvalue weighted by Gasteiger charge is -2.24. The number of fused-ring (bicyclic) bond motifs is 1. The molecular formula is C25H28N4O4. The number of carbonyl (C=O) groups excluding carboxylic acids is 2. The van der Waals surface area contributed by atoms with Crippen LogP contribution in [-0.4, -0.2) is 53.3 Å². The first kappa shape index (κ1) is 23.7. The summed E-state index contributed by atoms with van der Waals surface area (Å²) >= 11 is 0. The third-order valence-corrected chi connectivity index (χ3v) is 5.29. The molecule has 0 bridgehead atoms. The first-order chi connectivity index (χ1) is 15.7. The number of nitrogens with zero attached hydrogens (tertiary/aromatic N) is 2. The minimum Gasteiger partial charge on any atom is -0.481 e. The van der Waals surface area contributed by atoms with Crippen LogP contribution in [0.3, 0.4) is 0 Å². The molecule has 2 amide bonds. The van der Waals surface area contributed by atoms with Crippen LogP contribution in [-0.2, 0) is 9.59 Å². The van der Waals surface area contributed by atoms with Gasteiger partial charge in [-0.3, -0.25) is 19.8 Å². The van der Waals surface area contributed by atoms with E-state index in [1.165, 1.54) is 4.90 Å². The lowest BCUT2D eigenvalue weighted by Crippen LogP contribution is -2.41. The molecule has 33 heavy (non-hydrogen) atoms. The highest BCUT2D eigenvalue weighted by Crippen LogP contribution is 2.28. The van der Waals surface area contributed by atoms with E-state index in [-0.39, 0.29) is 43.1 Å². The van der Waals surface area contributed by atoms with E-state index in [2.05, 4.69) is 0 Å². The van der Waals surface area contributed by atoms with Crippen molar-refractivity contribution in [1.82, 2.24) is 4.90 Å². The highest BCUT2D eigenvalue weighted by Gasteiger charge is 2.32. The summed E-state index contributed by atoms with van der Waals surface area (Å²) in [5.41, 5.74) is 8.72. The summed E-state index contributed by atoms with van der Waals surface area (Å²) in [5, 5.41) is 16.5. The molecule has 0 saturated carbocycles. The fourth-order valence-corrected chi connectivity index (χ4v) is 3.63. The van der Waals surface area contributed by atoms with Gasteiger partial charge in [0.15, 0.2) is 0 Å². The van der Waals surface area contributed by atoms with Crippen LogP contribution in [0.15, 0.2) is 42.5 Å². The number of nitrogens with two attached hydrogens (primary N) is 1. The van der Waals surface area contributed by atoms with Crippen molar-refractivity contribution in [2.24, 2.45) is 11.7 Å². The second kappa shape index (κ2) is 10.1. The summed E-state index contributed by atoms with van der Waals surface area (Å²) in [5.74, 6) is -1.41. The standard InChI is InChI=1S/C25H28N4O4/c1-16(2)14-29-21-10-7-18(4-3-17-5-8-19(9-6-17)24(26)27)13-20(21)25(33)28(15-22(29)30)12-11-23(31)32/h3-10,13,16H,11-12,14-15H2,1-2H3,(H3,26,27)(H,31,32). The number of rotatable bonds is 8. The van der Waals surface area contributed by atoms with Gasteiger partial charge in [0.2, 0.25) is 5.91 Å². The van der Waals surface area contributed by atoms with Gasteiger partial charge in [-0.2, -0.15) is 0 Å². The van der Waals surface area contributed by atoms with Crippen LogP contribution >= 0.6 is 0 Å². The maximum Gasteiger partial charge on any atom is 0.305 e. The van der Waals surface area contributed by atoms with Crippen molar-refractivity contribution in [2.75, 3.05) is 24.5 Å².